The summed E-state index contributed by atoms with van der Waals surface area (Å²) < 4.78 is 104. The van der Waals surface area contributed by atoms with Crippen molar-refractivity contribution in [1.82, 2.24) is 0 Å². The van der Waals surface area contributed by atoms with Crippen LogP contribution in [-0.4, -0.2) is 72.5 Å². The second-order valence-electron chi connectivity index (χ2n) is 14.8. The van der Waals surface area contributed by atoms with Gasteiger partial charge in [-0.2, -0.15) is 0 Å². The van der Waals surface area contributed by atoms with Gasteiger partial charge in [0.05, 0.1) is 72.5 Å². The van der Waals surface area contributed by atoms with Crippen LogP contribution < -0.4 is 0 Å². The van der Waals surface area contributed by atoms with Gasteiger partial charge in [0, 0.05) is 0 Å². The minimum atomic E-state index is -3.79. The lowest BCUT2D eigenvalue weighted by atomic mass is 10.1. The van der Waals surface area contributed by atoms with Crippen LogP contribution in [0.3, 0.4) is 0 Å². The highest BCUT2D eigenvalue weighted by atomic mass is 31.2. The summed E-state index contributed by atoms with van der Waals surface area (Å²) in [5.74, 6) is 0. The van der Waals surface area contributed by atoms with E-state index in [9.17, 15) is 18.3 Å². The molecule has 296 valence electrons. The highest BCUT2D eigenvalue weighted by Crippen LogP contribution is 2.64. The van der Waals surface area contributed by atoms with Gasteiger partial charge in [0.2, 0.25) is 0 Å². The fraction of sp³-hybridized carbons (Fsp3) is 1.00. The normalized spacial score (nSPS) is 15.3. The van der Waals surface area contributed by atoms with Gasteiger partial charge in [0.15, 0.2) is 0 Å². The summed E-state index contributed by atoms with van der Waals surface area (Å²) in [4.78, 5) is 0. The average Bonchev–Trinajstić information content (AvgIpc) is 2.82. The Kier molecular flexibility index (Phi) is 23.0. The standard InChI is InChI=1S/C33H72O12P4/c1-24(2)38-46(34,39-25(3)4)22-32(48(36,42-28(9)10)43-29(11)12)20-18-17-19-21-33(49(37,44-30(13)14)45-31(15)16)23-47(35,40-26(5)6)41-27(7)8/h24-33H,17-23H2,1-16H3. The highest BCUT2D eigenvalue weighted by molar-refractivity contribution is 7.59. The molecule has 0 aromatic heterocycles. The lowest BCUT2D eigenvalue weighted by Crippen LogP contribution is -2.25. The number of hydrogen-bond donors (Lipinski definition) is 0. The molecule has 0 aliphatic rings. The third-order valence-electron chi connectivity index (χ3n) is 6.25. The molecule has 0 spiro atoms. The molecule has 0 aromatic rings. The van der Waals surface area contributed by atoms with Gasteiger partial charge < -0.3 is 36.2 Å². The molecular formula is C33H72O12P4. The fourth-order valence-corrected chi connectivity index (χ4v) is 16.6. The summed E-state index contributed by atoms with van der Waals surface area (Å²) in [5.41, 5.74) is -1.54. The molecule has 12 nitrogen and oxygen atoms in total. The fourth-order valence-electron chi connectivity index (χ4n) is 5.23. The molecule has 16 heteroatoms. The van der Waals surface area contributed by atoms with Gasteiger partial charge in [-0.25, -0.2) is 0 Å². The summed E-state index contributed by atoms with van der Waals surface area (Å²) in [6.07, 6.45) is -1.01. The Morgan fingerprint density at radius 3 is 0.714 bits per heavy atom. The average molecular weight is 785 g/mol. The van der Waals surface area contributed by atoms with E-state index in [-0.39, 0.29) is 36.7 Å². The molecule has 0 radical (unpaired) electrons. The zero-order valence-electron chi connectivity index (χ0n) is 33.4. The van der Waals surface area contributed by atoms with Crippen molar-refractivity contribution in [2.24, 2.45) is 0 Å². The van der Waals surface area contributed by atoms with E-state index < -0.39 is 66.1 Å². The lowest BCUT2D eigenvalue weighted by molar-refractivity contribution is 0.128. The Bertz CT molecular complexity index is 967. The molecule has 0 aliphatic heterocycles. The van der Waals surface area contributed by atoms with E-state index in [4.69, 9.17) is 36.2 Å². The van der Waals surface area contributed by atoms with Crippen LogP contribution in [-0.2, 0) is 54.5 Å². The zero-order chi connectivity index (χ0) is 38.4. The Morgan fingerprint density at radius 2 is 0.531 bits per heavy atom. The summed E-state index contributed by atoms with van der Waals surface area (Å²) in [7, 11) is -15.0. The Hall–Kier alpha value is 0.600. The quantitative estimate of drug-likeness (QED) is 0.0550. The van der Waals surface area contributed by atoms with Crippen LogP contribution >= 0.6 is 30.4 Å². The van der Waals surface area contributed by atoms with E-state index in [0.717, 1.165) is 0 Å². The molecule has 2 unspecified atom stereocenters. The minimum absolute atomic E-state index is 0.134. The lowest BCUT2D eigenvalue weighted by Gasteiger charge is -2.33. The summed E-state index contributed by atoms with van der Waals surface area (Å²) in [6.45, 7) is 28.5. The Balaban J connectivity index is 6.44. The van der Waals surface area contributed by atoms with E-state index >= 15 is 0 Å². The van der Waals surface area contributed by atoms with Crippen molar-refractivity contribution in [3.8, 4) is 0 Å². The molecule has 2 atom stereocenters. The van der Waals surface area contributed by atoms with Crippen LogP contribution in [0.15, 0.2) is 0 Å². The molecule has 0 aromatic carbocycles. The minimum Gasteiger partial charge on any atom is -0.306 e. The first-order valence-electron chi connectivity index (χ1n) is 18.1. The summed E-state index contributed by atoms with van der Waals surface area (Å²) in [6, 6.07) is 0. The Labute approximate surface area is 299 Å². The molecule has 0 N–H and O–H groups in total. The molecule has 0 heterocycles. The van der Waals surface area contributed by atoms with Gasteiger partial charge in [0.1, 0.15) is 0 Å². The second-order valence-corrected chi connectivity index (χ2v) is 23.3. The van der Waals surface area contributed by atoms with Gasteiger partial charge in [0.25, 0.3) is 0 Å². The van der Waals surface area contributed by atoms with Crippen molar-refractivity contribution < 1.29 is 54.5 Å². The van der Waals surface area contributed by atoms with Gasteiger partial charge in [-0.15, -0.1) is 0 Å². The van der Waals surface area contributed by atoms with Crippen molar-refractivity contribution in [1.29, 1.82) is 0 Å². The van der Waals surface area contributed by atoms with Crippen molar-refractivity contribution in [2.75, 3.05) is 12.3 Å². The summed E-state index contributed by atoms with van der Waals surface area (Å²) >= 11 is 0. The number of hydrogen-bond acceptors (Lipinski definition) is 12. The van der Waals surface area contributed by atoms with E-state index in [1.165, 1.54) is 0 Å². The first kappa shape index (κ1) is 49.6. The summed E-state index contributed by atoms with van der Waals surface area (Å²) in [5, 5.41) is 0. The maximum absolute atomic E-state index is 14.4. The van der Waals surface area contributed by atoms with Gasteiger partial charge in [-0.05, 0) is 124 Å². The van der Waals surface area contributed by atoms with E-state index in [1.54, 1.807) is 111 Å². The highest BCUT2D eigenvalue weighted by Gasteiger charge is 2.45. The predicted octanol–water partition coefficient (Wildman–Crippen LogP) is 11.8. The van der Waals surface area contributed by atoms with Gasteiger partial charge in [-0.3, -0.25) is 18.3 Å². The zero-order valence-corrected chi connectivity index (χ0v) is 37.0. The van der Waals surface area contributed by atoms with Crippen LogP contribution in [0.2, 0.25) is 0 Å². The first-order chi connectivity index (χ1) is 22.2. The Morgan fingerprint density at radius 1 is 0.327 bits per heavy atom. The molecule has 0 saturated carbocycles. The van der Waals surface area contributed by atoms with Crippen molar-refractivity contribution in [3.63, 3.8) is 0 Å². The SMILES string of the molecule is CC(C)OP(=O)(CC(CCCCCC(CP(=O)(OC(C)C)OC(C)C)P(=O)(OC(C)C)OC(C)C)P(=O)(OC(C)C)OC(C)C)OC(C)C. The smallest absolute Gasteiger partial charge is 0.306 e. The van der Waals surface area contributed by atoms with Crippen LogP contribution in [0, 0.1) is 0 Å². The second kappa shape index (κ2) is 22.7. The molecule has 0 bridgehead atoms. The molecular weight excluding hydrogens is 712 g/mol. The van der Waals surface area contributed by atoms with E-state index in [1.807, 2.05) is 0 Å². The van der Waals surface area contributed by atoms with Gasteiger partial charge in [-0.1, -0.05) is 19.3 Å². The topological polar surface area (TPSA) is 142 Å². The molecule has 0 rings (SSSR count). The van der Waals surface area contributed by atoms with Crippen LogP contribution in [0.1, 0.15) is 143 Å². The van der Waals surface area contributed by atoms with Crippen molar-refractivity contribution >= 4 is 30.4 Å². The molecule has 0 saturated heterocycles. The van der Waals surface area contributed by atoms with Gasteiger partial charge >= 0.3 is 30.4 Å². The van der Waals surface area contributed by atoms with Crippen LogP contribution in [0.5, 0.6) is 0 Å². The number of rotatable bonds is 28. The van der Waals surface area contributed by atoms with Crippen LogP contribution in [0.4, 0.5) is 0 Å². The van der Waals surface area contributed by atoms with Crippen LogP contribution in [0.25, 0.3) is 0 Å². The molecule has 0 fully saturated rings. The van der Waals surface area contributed by atoms with Crippen molar-refractivity contribution in [3.05, 3.63) is 0 Å². The molecule has 0 aliphatic carbocycles. The molecule has 0 amide bonds. The monoisotopic (exact) mass is 784 g/mol. The maximum atomic E-state index is 14.4. The largest absolute Gasteiger partial charge is 0.334 e. The first-order valence-corrected chi connectivity index (χ1v) is 24.8. The molecule has 49 heavy (non-hydrogen) atoms. The van der Waals surface area contributed by atoms with E-state index in [0.29, 0.717) is 32.1 Å². The maximum Gasteiger partial charge on any atom is 0.334 e. The third-order valence-corrected chi connectivity index (χ3v) is 17.1. The number of unbranched alkanes of at least 4 members (excludes halogenated alkanes) is 2. The predicted molar refractivity (Wildman–Crippen MR) is 201 cm³/mol. The van der Waals surface area contributed by atoms with E-state index in [2.05, 4.69) is 0 Å². The third kappa shape index (κ3) is 21.2. The van der Waals surface area contributed by atoms with Crippen molar-refractivity contribution in [2.45, 2.75) is 203 Å².